The number of carbonyl (C=O) groups is 1. The highest BCUT2D eigenvalue weighted by Gasteiger charge is 2.49. The Morgan fingerprint density at radius 2 is 1.76 bits per heavy atom. The van der Waals surface area contributed by atoms with Gasteiger partial charge in [-0.2, -0.15) is 10.5 Å². The van der Waals surface area contributed by atoms with Gasteiger partial charge >= 0.3 is 5.97 Å². The second-order valence-electron chi connectivity index (χ2n) is 4.58. The van der Waals surface area contributed by atoms with Crippen LogP contribution in [0.4, 0.5) is 0 Å². The molecular weight excluding hydrogens is 272 g/mol. The Kier molecular flexibility index (Phi) is 4.42. The molecule has 0 amide bonds. The molecule has 1 fully saturated rings. The highest BCUT2D eigenvalue weighted by molar-refractivity contribution is 5.76. The summed E-state index contributed by atoms with van der Waals surface area (Å²) in [4.78, 5) is 11.7. The Labute approximate surface area is 122 Å². The van der Waals surface area contributed by atoms with E-state index >= 15 is 0 Å². The maximum Gasteiger partial charge on any atom is 0.336 e. The number of hydrogen-bond acceptors (Lipinski definition) is 6. The van der Waals surface area contributed by atoms with Crippen molar-refractivity contribution in [2.75, 3.05) is 14.2 Å². The van der Waals surface area contributed by atoms with Gasteiger partial charge in [-0.25, -0.2) is 4.79 Å². The van der Waals surface area contributed by atoms with Gasteiger partial charge in [0.25, 0.3) is 0 Å². The predicted octanol–water partition coefficient (Wildman–Crippen LogP) is 1.59. The number of esters is 1. The molecule has 0 radical (unpaired) electrons. The molecule has 0 aliphatic carbocycles. The highest BCUT2D eigenvalue weighted by atomic mass is 16.6. The van der Waals surface area contributed by atoms with Crippen molar-refractivity contribution in [2.24, 2.45) is 11.8 Å². The van der Waals surface area contributed by atoms with Gasteiger partial charge in [0.15, 0.2) is 6.10 Å². The van der Waals surface area contributed by atoms with E-state index in [1.54, 1.807) is 31.4 Å². The number of rotatable bonds is 3. The van der Waals surface area contributed by atoms with Crippen LogP contribution in [-0.2, 0) is 14.3 Å². The molecule has 0 unspecified atom stereocenters. The quantitative estimate of drug-likeness (QED) is 0.783. The van der Waals surface area contributed by atoms with Crippen LogP contribution in [0.1, 0.15) is 11.7 Å². The SMILES string of the molecule is COC(=O)[C@@H]1O[C@H](c2ccc(OC)cc2)[C@H](C#N)[C@H]1C#N. The van der Waals surface area contributed by atoms with Crippen molar-refractivity contribution in [1.29, 1.82) is 10.5 Å². The largest absolute Gasteiger partial charge is 0.497 e. The molecule has 0 saturated carbocycles. The summed E-state index contributed by atoms with van der Waals surface area (Å²) in [6.07, 6.45) is -1.69. The molecule has 1 saturated heterocycles. The van der Waals surface area contributed by atoms with E-state index in [1.165, 1.54) is 7.11 Å². The third-order valence-corrected chi connectivity index (χ3v) is 3.51. The summed E-state index contributed by atoms with van der Waals surface area (Å²) in [5, 5.41) is 18.5. The van der Waals surface area contributed by atoms with Crippen LogP contribution in [-0.4, -0.2) is 26.3 Å². The molecule has 0 spiro atoms. The normalized spacial score (nSPS) is 27.4. The molecule has 21 heavy (non-hydrogen) atoms. The number of nitriles is 2. The second kappa shape index (κ2) is 6.25. The van der Waals surface area contributed by atoms with Crippen molar-refractivity contribution in [2.45, 2.75) is 12.2 Å². The zero-order chi connectivity index (χ0) is 15.4. The molecule has 1 aliphatic rings. The van der Waals surface area contributed by atoms with Crippen molar-refractivity contribution in [3.05, 3.63) is 29.8 Å². The van der Waals surface area contributed by atoms with Crippen LogP contribution < -0.4 is 4.74 Å². The van der Waals surface area contributed by atoms with E-state index in [9.17, 15) is 15.3 Å². The molecule has 4 atom stereocenters. The number of ether oxygens (including phenoxy) is 3. The first-order valence-electron chi connectivity index (χ1n) is 6.32. The lowest BCUT2D eigenvalue weighted by Crippen LogP contribution is -2.28. The number of carbonyl (C=O) groups excluding carboxylic acids is 1. The van der Waals surface area contributed by atoms with Crippen molar-refractivity contribution in [3.8, 4) is 17.9 Å². The third kappa shape index (κ3) is 2.67. The van der Waals surface area contributed by atoms with E-state index in [4.69, 9.17) is 9.47 Å². The number of benzene rings is 1. The maximum atomic E-state index is 11.7. The van der Waals surface area contributed by atoms with Crippen molar-refractivity contribution in [3.63, 3.8) is 0 Å². The predicted molar refractivity (Wildman–Crippen MR) is 70.8 cm³/mol. The summed E-state index contributed by atoms with van der Waals surface area (Å²) >= 11 is 0. The topological polar surface area (TPSA) is 92.3 Å². The van der Waals surface area contributed by atoms with E-state index in [1.807, 2.05) is 6.07 Å². The lowest BCUT2D eigenvalue weighted by Gasteiger charge is -2.14. The highest BCUT2D eigenvalue weighted by Crippen LogP contribution is 2.42. The molecule has 0 N–H and O–H groups in total. The summed E-state index contributed by atoms with van der Waals surface area (Å²) in [5.41, 5.74) is 0.717. The van der Waals surface area contributed by atoms with Gasteiger partial charge in [-0.15, -0.1) is 0 Å². The fraction of sp³-hybridized carbons (Fsp3) is 0.400. The number of hydrogen-bond donors (Lipinski definition) is 0. The fourth-order valence-corrected chi connectivity index (χ4v) is 2.40. The molecule has 108 valence electrons. The van der Waals surface area contributed by atoms with E-state index in [2.05, 4.69) is 10.8 Å². The standard InChI is InChI=1S/C15H14N2O4/c1-19-10-5-3-9(4-6-10)13-11(7-16)12(8-17)14(21-13)15(18)20-2/h3-6,11-14H,1-2H3/t11-,12-,13-,14-/m1/s1. The Hall–Kier alpha value is -2.57. The summed E-state index contributed by atoms with van der Waals surface area (Å²) in [5.74, 6) is -1.55. The van der Waals surface area contributed by atoms with Crippen LogP contribution in [0.5, 0.6) is 5.75 Å². The molecule has 1 aromatic rings. The van der Waals surface area contributed by atoms with Gasteiger partial charge in [0.05, 0.1) is 32.3 Å². The minimum absolute atomic E-state index is 0.641. The Morgan fingerprint density at radius 1 is 1.14 bits per heavy atom. The second-order valence-corrected chi connectivity index (χ2v) is 4.58. The van der Waals surface area contributed by atoms with E-state index in [0.29, 0.717) is 11.3 Å². The molecule has 0 bridgehead atoms. The molecular formula is C15H14N2O4. The Balaban J connectivity index is 2.32. The summed E-state index contributed by atoms with van der Waals surface area (Å²) in [7, 11) is 2.78. The lowest BCUT2D eigenvalue weighted by molar-refractivity contribution is -0.154. The first-order chi connectivity index (χ1) is 10.2. The summed E-state index contributed by atoms with van der Waals surface area (Å²) < 4.78 is 15.3. The van der Waals surface area contributed by atoms with Gasteiger partial charge in [0.1, 0.15) is 17.8 Å². The Bertz CT molecular complexity index is 600. The minimum Gasteiger partial charge on any atom is -0.497 e. The van der Waals surface area contributed by atoms with Gasteiger partial charge in [-0.3, -0.25) is 0 Å². The van der Waals surface area contributed by atoms with Gasteiger partial charge in [0, 0.05) is 0 Å². The van der Waals surface area contributed by atoms with Gasteiger partial charge in [-0.1, -0.05) is 12.1 Å². The van der Waals surface area contributed by atoms with Crippen LogP contribution in [0.3, 0.4) is 0 Å². The molecule has 0 aromatic heterocycles. The molecule has 6 nitrogen and oxygen atoms in total. The molecule has 1 heterocycles. The van der Waals surface area contributed by atoms with E-state index in [-0.39, 0.29) is 0 Å². The van der Waals surface area contributed by atoms with Gasteiger partial charge in [-0.05, 0) is 17.7 Å². The van der Waals surface area contributed by atoms with Crippen LogP contribution in [0.2, 0.25) is 0 Å². The minimum atomic E-state index is -1.04. The average molecular weight is 286 g/mol. The zero-order valence-corrected chi connectivity index (χ0v) is 11.6. The maximum absolute atomic E-state index is 11.7. The van der Waals surface area contributed by atoms with Crippen LogP contribution in [0.25, 0.3) is 0 Å². The number of nitrogens with zero attached hydrogens (tertiary/aromatic N) is 2. The monoisotopic (exact) mass is 286 g/mol. The third-order valence-electron chi connectivity index (χ3n) is 3.51. The Morgan fingerprint density at radius 3 is 2.24 bits per heavy atom. The summed E-state index contributed by atoms with van der Waals surface area (Å²) in [6, 6.07) is 11.0. The first kappa shape index (κ1) is 14.8. The lowest BCUT2D eigenvalue weighted by atomic mass is 9.86. The van der Waals surface area contributed by atoms with Crippen molar-refractivity contribution < 1.29 is 19.0 Å². The van der Waals surface area contributed by atoms with Crippen molar-refractivity contribution in [1.82, 2.24) is 0 Å². The first-order valence-corrected chi connectivity index (χ1v) is 6.32. The average Bonchev–Trinajstić information content (AvgIpc) is 2.92. The zero-order valence-electron chi connectivity index (χ0n) is 11.6. The van der Waals surface area contributed by atoms with Gasteiger partial charge in [0.2, 0.25) is 0 Å². The van der Waals surface area contributed by atoms with Crippen LogP contribution in [0, 0.1) is 34.5 Å². The fourth-order valence-electron chi connectivity index (χ4n) is 2.40. The number of methoxy groups -OCH3 is 2. The van der Waals surface area contributed by atoms with E-state index in [0.717, 1.165) is 0 Å². The van der Waals surface area contributed by atoms with Crippen LogP contribution in [0.15, 0.2) is 24.3 Å². The van der Waals surface area contributed by atoms with Crippen molar-refractivity contribution >= 4 is 5.97 Å². The molecule has 1 aromatic carbocycles. The smallest absolute Gasteiger partial charge is 0.336 e. The summed E-state index contributed by atoms with van der Waals surface area (Å²) in [6.45, 7) is 0. The molecule has 6 heteroatoms. The molecule has 2 rings (SSSR count). The van der Waals surface area contributed by atoms with E-state index < -0.39 is 30.0 Å². The van der Waals surface area contributed by atoms with Crippen LogP contribution >= 0.6 is 0 Å². The molecule has 1 aliphatic heterocycles. The van der Waals surface area contributed by atoms with Gasteiger partial charge < -0.3 is 14.2 Å².